The maximum atomic E-state index is 12.0. The minimum Gasteiger partial charge on any atom is -0.462 e. The van der Waals surface area contributed by atoms with Gasteiger partial charge in [-0.15, -0.1) is 0 Å². The normalized spacial score (nSPS) is 9.96. The zero-order chi connectivity index (χ0) is 18.9. The number of ether oxygens (including phenoxy) is 2. The average Bonchev–Trinajstić information content (AvgIpc) is 2.63. The lowest BCUT2D eigenvalue weighted by Gasteiger charge is -2.08. The molecular weight excluding hydrogens is 330 g/mol. The summed E-state index contributed by atoms with van der Waals surface area (Å²) in [6.45, 7) is 5.79. The van der Waals surface area contributed by atoms with E-state index in [9.17, 15) is 9.59 Å². The summed E-state index contributed by atoms with van der Waals surface area (Å²) in [5, 5.41) is 3.29. The van der Waals surface area contributed by atoms with Crippen LogP contribution >= 0.6 is 0 Å². The second-order valence-corrected chi connectivity index (χ2v) is 5.61. The summed E-state index contributed by atoms with van der Waals surface area (Å²) >= 11 is 0. The summed E-state index contributed by atoms with van der Waals surface area (Å²) in [6, 6.07) is 15.4. The topological polar surface area (TPSA) is 64.6 Å². The molecule has 136 valence electrons. The minimum atomic E-state index is -0.687. The predicted octanol–water partition coefficient (Wildman–Crippen LogP) is 4.25. The SMILES string of the molecule is CCOC(=O)C(=Cc1ccc(Nc2ccc(C)cc2)cc1)C(=O)OCC. The van der Waals surface area contributed by atoms with Gasteiger partial charge < -0.3 is 14.8 Å². The van der Waals surface area contributed by atoms with Crippen LogP contribution in [0.4, 0.5) is 11.4 Å². The molecule has 0 aliphatic rings. The summed E-state index contributed by atoms with van der Waals surface area (Å²) in [5.41, 5.74) is 3.67. The van der Waals surface area contributed by atoms with Crippen LogP contribution in [0.1, 0.15) is 25.0 Å². The van der Waals surface area contributed by atoms with E-state index in [0.717, 1.165) is 11.4 Å². The van der Waals surface area contributed by atoms with Crippen LogP contribution in [-0.4, -0.2) is 25.2 Å². The van der Waals surface area contributed by atoms with Crippen molar-refractivity contribution in [3.63, 3.8) is 0 Å². The van der Waals surface area contributed by atoms with E-state index in [4.69, 9.17) is 9.47 Å². The Kier molecular flexibility index (Phi) is 6.97. The number of aryl methyl sites for hydroxylation is 1. The Morgan fingerprint density at radius 3 is 1.77 bits per heavy atom. The zero-order valence-corrected chi connectivity index (χ0v) is 15.2. The molecule has 0 atom stereocenters. The number of anilines is 2. The number of benzene rings is 2. The summed E-state index contributed by atoms with van der Waals surface area (Å²) in [6.07, 6.45) is 1.48. The van der Waals surface area contributed by atoms with Gasteiger partial charge >= 0.3 is 11.9 Å². The number of hydrogen-bond acceptors (Lipinski definition) is 5. The molecule has 0 radical (unpaired) electrons. The van der Waals surface area contributed by atoms with Gasteiger partial charge in [0.2, 0.25) is 0 Å². The van der Waals surface area contributed by atoms with E-state index >= 15 is 0 Å². The molecule has 1 N–H and O–H groups in total. The number of carbonyl (C=O) groups excluding carboxylic acids is 2. The Hall–Kier alpha value is -3.08. The zero-order valence-electron chi connectivity index (χ0n) is 15.2. The third-order valence-corrected chi connectivity index (χ3v) is 3.55. The van der Waals surface area contributed by atoms with E-state index in [1.807, 2.05) is 55.5 Å². The molecule has 0 saturated heterocycles. The molecule has 2 rings (SSSR count). The molecule has 0 heterocycles. The minimum absolute atomic E-state index is 0.118. The van der Waals surface area contributed by atoms with Crippen LogP contribution in [0.5, 0.6) is 0 Å². The standard InChI is InChI=1S/C21H23NO4/c1-4-25-20(23)19(21(24)26-5-2)14-16-8-12-18(13-9-16)22-17-10-6-15(3)7-11-17/h6-14,22H,4-5H2,1-3H3. The summed E-state index contributed by atoms with van der Waals surface area (Å²) in [5.74, 6) is -1.37. The molecule has 26 heavy (non-hydrogen) atoms. The van der Waals surface area contributed by atoms with Crippen molar-refractivity contribution in [2.45, 2.75) is 20.8 Å². The van der Waals surface area contributed by atoms with Crippen molar-refractivity contribution in [1.82, 2.24) is 0 Å². The quantitative estimate of drug-likeness (QED) is 0.349. The lowest BCUT2D eigenvalue weighted by Crippen LogP contribution is -2.18. The fourth-order valence-electron chi connectivity index (χ4n) is 2.25. The average molecular weight is 353 g/mol. The fraction of sp³-hybridized carbons (Fsp3) is 0.238. The molecule has 5 heteroatoms. The van der Waals surface area contributed by atoms with Gasteiger partial charge in [0.25, 0.3) is 0 Å². The predicted molar refractivity (Wildman–Crippen MR) is 102 cm³/mol. The van der Waals surface area contributed by atoms with Crippen LogP contribution in [-0.2, 0) is 19.1 Å². The molecule has 0 aliphatic carbocycles. The number of esters is 2. The number of hydrogen-bond donors (Lipinski definition) is 1. The first-order valence-electron chi connectivity index (χ1n) is 8.53. The van der Waals surface area contributed by atoms with Gasteiger partial charge in [-0.1, -0.05) is 29.8 Å². The second kappa shape index (κ2) is 9.42. The van der Waals surface area contributed by atoms with Crippen LogP contribution in [0, 0.1) is 6.92 Å². The van der Waals surface area contributed by atoms with Gasteiger partial charge in [0.1, 0.15) is 5.57 Å². The molecular formula is C21H23NO4. The van der Waals surface area contributed by atoms with Crippen LogP contribution in [0.15, 0.2) is 54.1 Å². The molecule has 0 aromatic heterocycles. The van der Waals surface area contributed by atoms with Crippen molar-refractivity contribution in [3.05, 3.63) is 65.2 Å². The summed E-state index contributed by atoms with van der Waals surface area (Å²) in [4.78, 5) is 24.0. The highest BCUT2D eigenvalue weighted by atomic mass is 16.6. The van der Waals surface area contributed by atoms with Crippen molar-refractivity contribution in [3.8, 4) is 0 Å². The van der Waals surface area contributed by atoms with Gasteiger partial charge in [0.05, 0.1) is 13.2 Å². The van der Waals surface area contributed by atoms with Crippen molar-refractivity contribution < 1.29 is 19.1 Å². The van der Waals surface area contributed by atoms with Crippen molar-refractivity contribution in [2.24, 2.45) is 0 Å². The lowest BCUT2D eigenvalue weighted by atomic mass is 10.1. The number of nitrogens with one attached hydrogen (secondary N) is 1. The largest absolute Gasteiger partial charge is 0.462 e. The van der Waals surface area contributed by atoms with E-state index in [2.05, 4.69) is 5.32 Å². The first-order chi connectivity index (χ1) is 12.5. The first-order valence-corrected chi connectivity index (χ1v) is 8.53. The van der Waals surface area contributed by atoms with Gasteiger partial charge in [-0.2, -0.15) is 0 Å². The van der Waals surface area contributed by atoms with Gasteiger partial charge in [-0.25, -0.2) is 9.59 Å². The van der Waals surface area contributed by atoms with Crippen LogP contribution < -0.4 is 5.32 Å². The van der Waals surface area contributed by atoms with Crippen molar-refractivity contribution >= 4 is 29.4 Å². The molecule has 2 aromatic rings. The molecule has 0 aliphatic heterocycles. The highest BCUT2D eigenvalue weighted by molar-refractivity contribution is 6.17. The Bertz CT molecular complexity index is 757. The van der Waals surface area contributed by atoms with Crippen molar-refractivity contribution in [1.29, 1.82) is 0 Å². The molecule has 0 saturated carbocycles. The maximum Gasteiger partial charge on any atom is 0.345 e. The molecule has 0 bridgehead atoms. The smallest absolute Gasteiger partial charge is 0.345 e. The third-order valence-electron chi connectivity index (χ3n) is 3.55. The van der Waals surface area contributed by atoms with Crippen LogP contribution in [0.2, 0.25) is 0 Å². The Labute approximate surface area is 153 Å². The van der Waals surface area contributed by atoms with Gasteiger partial charge in [0, 0.05) is 11.4 Å². The second-order valence-electron chi connectivity index (χ2n) is 5.61. The molecule has 0 amide bonds. The molecule has 0 spiro atoms. The fourth-order valence-corrected chi connectivity index (χ4v) is 2.25. The highest BCUT2D eigenvalue weighted by Crippen LogP contribution is 2.19. The van der Waals surface area contributed by atoms with Crippen LogP contribution in [0.3, 0.4) is 0 Å². The van der Waals surface area contributed by atoms with E-state index in [1.54, 1.807) is 13.8 Å². The van der Waals surface area contributed by atoms with Gasteiger partial charge in [0.15, 0.2) is 0 Å². The Morgan fingerprint density at radius 1 is 0.846 bits per heavy atom. The van der Waals surface area contributed by atoms with Gasteiger partial charge in [-0.05, 0) is 56.7 Å². The van der Waals surface area contributed by atoms with E-state index in [1.165, 1.54) is 11.6 Å². The first kappa shape index (κ1) is 19.2. The number of rotatable bonds is 7. The van der Waals surface area contributed by atoms with E-state index in [-0.39, 0.29) is 18.8 Å². The lowest BCUT2D eigenvalue weighted by molar-refractivity contribution is -0.146. The molecule has 0 fully saturated rings. The Balaban J connectivity index is 2.17. The highest BCUT2D eigenvalue weighted by Gasteiger charge is 2.20. The van der Waals surface area contributed by atoms with Crippen molar-refractivity contribution in [2.75, 3.05) is 18.5 Å². The summed E-state index contributed by atoms with van der Waals surface area (Å²) < 4.78 is 9.87. The third kappa shape index (κ3) is 5.48. The van der Waals surface area contributed by atoms with Gasteiger partial charge in [-0.3, -0.25) is 0 Å². The molecule has 2 aromatic carbocycles. The van der Waals surface area contributed by atoms with Crippen LogP contribution in [0.25, 0.3) is 6.08 Å². The summed E-state index contributed by atoms with van der Waals surface area (Å²) in [7, 11) is 0. The van der Waals surface area contributed by atoms with E-state index in [0.29, 0.717) is 5.56 Å². The molecule has 0 unspecified atom stereocenters. The Morgan fingerprint density at radius 2 is 1.31 bits per heavy atom. The molecule has 5 nitrogen and oxygen atoms in total. The van der Waals surface area contributed by atoms with E-state index < -0.39 is 11.9 Å². The maximum absolute atomic E-state index is 12.0. The monoisotopic (exact) mass is 353 g/mol. The number of carbonyl (C=O) groups is 2.